The van der Waals surface area contributed by atoms with Crippen LogP contribution < -0.4 is 0 Å². The number of Topliss-reactive ketones (excluding diaryl/α,β-unsaturated/α-hetero) is 1. The largest absolute Gasteiger partial charge is 0.462 e. The van der Waals surface area contributed by atoms with E-state index in [1.165, 1.54) is 19.1 Å². The molecule has 17 nitrogen and oxygen atoms in total. The van der Waals surface area contributed by atoms with Gasteiger partial charge in [-0.15, -0.1) is 0 Å². The third-order valence-electron chi connectivity index (χ3n) is 13.5. The number of carbonyl (C=O) groups is 7. The number of ketones is 1. The zero-order valence-corrected chi connectivity index (χ0v) is 36.6. The number of hydrogen-bond acceptors (Lipinski definition) is 17. The Morgan fingerprint density at radius 3 is 1.94 bits per heavy atom. The maximum Gasteiger partial charge on any atom is 0.338 e. The summed E-state index contributed by atoms with van der Waals surface area (Å²) in [6.07, 6.45) is -11.5. The van der Waals surface area contributed by atoms with Gasteiger partial charge in [-0.3, -0.25) is 28.9 Å². The minimum Gasteiger partial charge on any atom is -0.462 e. The molecule has 0 unspecified atom stereocenters. The van der Waals surface area contributed by atoms with Crippen LogP contribution in [-0.4, -0.2) is 132 Å². The van der Waals surface area contributed by atoms with E-state index < -0.39 is 138 Å². The molecule has 1 aliphatic heterocycles. The van der Waals surface area contributed by atoms with Crippen LogP contribution in [0.25, 0.3) is 0 Å². The standard InChI is InChI=1S/C46H55NO16/c1-24-32(63-42(55)37(53)36(47(8)9)29-16-12-10-13-17-29)21-34(59-25(2)48)45(23-57-41(54)30-18-14-11-15-19-30)35(24)38(60-26(3)49)31-20-33(52)44(7)46(56,43(31,6)22-58-44)40(62-28(5)51)39(45)61-27(4)50/h10-19,31-32,34-40,53,56H,1,20-23H2,2-9H3/t31-,32-,34-,35-,36-,37+,38+,39-,40-,43-,44-,45+,46-/m0/s1. The molecule has 1 heterocycles. The molecule has 0 aromatic heterocycles. The fraction of sp³-hybridized carbons (Fsp3) is 0.543. The van der Waals surface area contributed by atoms with Crippen molar-refractivity contribution in [2.24, 2.45) is 22.7 Å². The second-order valence-corrected chi connectivity index (χ2v) is 17.5. The molecule has 0 amide bonds. The number of nitrogens with zero attached hydrogens (tertiary/aromatic N) is 1. The van der Waals surface area contributed by atoms with E-state index in [4.69, 9.17) is 33.2 Å². The highest BCUT2D eigenvalue weighted by Gasteiger charge is 2.83. The second kappa shape index (κ2) is 17.6. The van der Waals surface area contributed by atoms with Crippen molar-refractivity contribution in [2.75, 3.05) is 27.3 Å². The van der Waals surface area contributed by atoms with Gasteiger partial charge in [-0.25, -0.2) is 9.59 Å². The molecule has 13 atom stereocenters. The number of aliphatic hydroxyl groups excluding tert-OH is 1. The predicted octanol–water partition coefficient (Wildman–Crippen LogP) is 2.84. The van der Waals surface area contributed by atoms with E-state index >= 15 is 0 Å². The maximum absolute atomic E-state index is 14.5. The highest BCUT2D eigenvalue weighted by atomic mass is 16.6. The quantitative estimate of drug-likeness (QED) is 0.178. The highest BCUT2D eigenvalue weighted by molar-refractivity contribution is 5.92. The number of rotatable bonds is 12. The number of fused-ring (bicyclic) bond motifs is 1. The molecule has 2 aromatic rings. The van der Waals surface area contributed by atoms with Crippen molar-refractivity contribution in [1.82, 2.24) is 4.90 Å². The van der Waals surface area contributed by atoms with Gasteiger partial charge in [0.25, 0.3) is 0 Å². The lowest BCUT2D eigenvalue weighted by molar-refractivity contribution is -0.302. The SMILES string of the molecule is C=C1[C@@H](OC(=O)[C@H](O)[C@H](c2ccccc2)N(C)C)C[C@H](OC(C)=O)[C@@]2(COC(=O)c3ccccc3)[C@@H](OC(C)=O)[C@H](OC(C)=O)[C@@]3(O)[C@@]4(C)OC[C@@]3(C)[C@@H](CC4=O)[C@@H](OC(C)=O)[C@H]12. The highest BCUT2D eigenvalue weighted by Crippen LogP contribution is 2.67. The van der Waals surface area contributed by atoms with Crippen LogP contribution in [0.2, 0.25) is 0 Å². The van der Waals surface area contributed by atoms with E-state index in [1.807, 2.05) is 0 Å². The van der Waals surface area contributed by atoms with Gasteiger partial charge in [0.2, 0.25) is 0 Å². The summed E-state index contributed by atoms with van der Waals surface area (Å²) in [7, 11) is 3.32. The van der Waals surface area contributed by atoms with Crippen LogP contribution in [0.4, 0.5) is 0 Å². The first-order valence-electron chi connectivity index (χ1n) is 20.6. The molecule has 17 heteroatoms. The average molecular weight is 878 g/mol. The molecular weight excluding hydrogens is 822 g/mol. The molecule has 3 aliphatic carbocycles. The van der Waals surface area contributed by atoms with Gasteiger partial charge in [-0.05, 0) is 44.3 Å². The average Bonchev–Trinajstić information content (AvgIpc) is 3.36. The maximum atomic E-state index is 14.5. The van der Waals surface area contributed by atoms with E-state index in [0.29, 0.717) is 5.56 Å². The summed E-state index contributed by atoms with van der Waals surface area (Å²) in [6, 6.07) is 15.6. The molecular formula is C46H55NO16. The first-order chi connectivity index (χ1) is 29.5. The van der Waals surface area contributed by atoms with Crippen LogP contribution in [0.3, 0.4) is 0 Å². The van der Waals surface area contributed by atoms with Crippen LogP contribution in [0.5, 0.6) is 0 Å². The molecule has 6 rings (SSSR count). The van der Waals surface area contributed by atoms with Crippen LogP contribution in [0, 0.1) is 22.7 Å². The Balaban J connectivity index is 1.64. The summed E-state index contributed by atoms with van der Waals surface area (Å²) in [5.74, 6) is -9.33. The molecule has 4 fully saturated rings. The topological polar surface area (TPSA) is 228 Å². The Labute approximate surface area is 364 Å². The number of ether oxygens (including phenoxy) is 7. The zero-order chi connectivity index (χ0) is 46.4. The van der Waals surface area contributed by atoms with Crippen molar-refractivity contribution in [2.45, 2.75) is 108 Å². The number of esters is 6. The molecule has 0 spiro atoms. The number of hydrogen-bond donors (Lipinski definition) is 2. The Bertz CT molecular complexity index is 2140. The molecule has 3 saturated carbocycles. The molecule has 0 radical (unpaired) electrons. The van der Waals surface area contributed by atoms with Crippen molar-refractivity contribution in [3.63, 3.8) is 0 Å². The summed E-state index contributed by atoms with van der Waals surface area (Å²) < 4.78 is 42.9. The van der Waals surface area contributed by atoms with Crippen LogP contribution in [-0.2, 0) is 61.9 Å². The molecule has 63 heavy (non-hydrogen) atoms. The monoisotopic (exact) mass is 877 g/mol. The Kier molecular flexibility index (Phi) is 13.1. The number of aliphatic hydroxyl groups is 2. The van der Waals surface area contributed by atoms with Crippen molar-refractivity contribution in [3.05, 3.63) is 83.9 Å². The van der Waals surface area contributed by atoms with Crippen molar-refractivity contribution in [3.8, 4) is 0 Å². The lowest BCUT2D eigenvalue weighted by Crippen LogP contribution is -2.81. The van der Waals surface area contributed by atoms with Gasteiger partial charge in [-0.1, -0.05) is 62.0 Å². The first-order valence-corrected chi connectivity index (χ1v) is 20.6. The second-order valence-electron chi connectivity index (χ2n) is 17.5. The normalized spacial score (nSPS) is 34.2. The third-order valence-corrected chi connectivity index (χ3v) is 13.5. The molecule has 2 N–H and O–H groups in total. The van der Waals surface area contributed by atoms with Gasteiger partial charge in [-0.2, -0.15) is 0 Å². The summed E-state index contributed by atoms with van der Waals surface area (Å²) in [6.45, 7) is 10.3. The smallest absolute Gasteiger partial charge is 0.338 e. The number of benzene rings is 2. The summed E-state index contributed by atoms with van der Waals surface area (Å²) in [5.41, 5.74) is -8.02. The van der Waals surface area contributed by atoms with Crippen LogP contribution in [0.1, 0.15) is 76.3 Å². The van der Waals surface area contributed by atoms with E-state index in [2.05, 4.69) is 6.58 Å². The van der Waals surface area contributed by atoms with Gasteiger partial charge < -0.3 is 43.4 Å². The molecule has 340 valence electrons. The number of carbonyl (C=O) groups excluding carboxylic acids is 7. The lowest BCUT2D eigenvalue weighted by Gasteiger charge is -2.65. The van der Waals surface area contributed by atoms with Crippen LogP contribution in [0.15, 0.2) is 72.8 Å². The van der Waals surface area contributed by atoms with Crippen LogP contribution >= 0.6 is 0 Å². The number of likely N-dealkylation sites (N-methyl/N-ethyl adjacent to an activating group) is 1. The Morgan fingerprint density at radius 2 is 1.38 bits per heavy atom. The molecule has 4 aliphatic rings. The zero-order valence-electron chi connectivity index (χ0n) is 36.6. The third kappa shape index (κ3) is 7.93. The Morgan fingerprint density at radius 1 is 0.825 bits per heavy atom. The summed E-state index contributed by atoms with van der Waals surface area (Å²) in [4.78, 5) is 97.9. The van der Waals surface area contributed by atoms with Crippen molar-refractivity contribution in [1.29, 1.82) is 0 Å². The predicted molar refractivity (Wildman–Crippen MR) is 218 cm³/mol. The first kappa shape index (κ1) is 47.0. The fourth-order valence-electron chi connectivity index (χ4n) is 10.7. The van der Waals surface area contributed by atoms with Gasteiger partial charge in [0.15, 0.2) is 29.7 Å². The minimum absolute atomic E-state index is 0.0606. The Hall–Kier alpha value is -5.49. The van der Waals surface area contributed by atoms with E-state index in [-0.39, 0.29) is 17.7 Å². The van der Waals surface area contributed by atoms with Gasteiger partial charge in [0.05, 0.1) is 23.6 Å². The fourth-order valence-corrected chi connectivity index (χ4v) is 10.7. The summed E-state index contributed by atoms with van der Waals surface area (Å²) >= 11 is 0. The van der Waals surface area contributed by atoms with Gasteiger partial charge in [0, 0.05) is 57.8 Å². The lowest BCUT2D eigenvalue weighted by atomic mass is 9.43. The minimum atomic E-state index is -2.58. The van der Waals surface area contributed by atoms with E-state index in [0.717, 1.165) is 27.7 Å². The molecule has 2 aromatic carbocycles. The summed E-state index contributed by atoms with van der Waals surface area (Å²) in [5, 5.41) is 25.1. The van der Waals surface area contributed by atoms with Gasteiger partial charge in [0.1, 0.15) is 30.5 Å². The van der Waals surface area contributed by atoms with E-state index in [1.54, 1.807) is 74.4 Å². The van der Waals surface area contributed by atoms with Crippen molar-refractivity contribution < 1.29 is 76.9 Å². The molecule has 1 saturated heterocycles. The van der Waals surface area contributed by atoms with E-state index in [9.17, 15) is 43.8 Å². The molecule has 4 bridgehead atoms. The van der Waals surface area contributed by atoms with Crippen molar-refractivity contribution >= 4 is 41.6 Å². The van der Waals surface area contributed by atoms with Gasteiger partial charge >= 0.3 is 35.8 Å².